The van der Waals surface area contributed by atoms with E-state index >= 15 is 4.39 Å². The highest BCUT2D eigenvalue weighted by Crippen LogP contribution is 2.34. The largest absolute Gasteiger partial charge is 0.495 e. The van der Waals surface area contributed by atoms with Crippen LogP contribution in [0.5, 0.6) is 5.75 Å². The summed E-state index contributed by atoms with van der Waals surface area (Å²) in [7, 11) is 1.53. The van der Waals surface area contributed by atoms with E-state index in [2.05, 4.69) is 15.1 Å². The molecule has 2 amide bonds. The van der Waals surface area contributed by atoms with Gasteiger partial charge in [-0.05, 0) is 72.7 Å². The summed E-state index contributed by atoms with van der Waals surface area (Å²) in [6.07, 6.45) is 3.95. The zero-order valence-corrected chi connectivity index (χ0v) is 21.8. The van der Waals surface area contributed by atoms with Crippen LogP contribution in [-0.2, 0) is 13.0 Å². The molecule has 1 heterocycles. The third-order valence-corrected chi connectivity index (χ3v) is 7.19. The maximum Gasteiger partial charge on any atom is 0.325 e. The third-order valence-electron chi connectivity index (χ3n) is 5.53. The van der Waals surface area contributed by atoms with Crippen LogP contribution in [0.4, 0.5) is 9.18 Å². The van der Waals surface area contributed by atoms with Crippen LogP contribution in [0.25, 0.3) is 5.57 Å². The summed E-state index contributed by atoms with van der Waals surface area (Å²) in [4.78, 5) is 13.0. The van der Waals surface area contributed by atoms with E-state index in [1.165, 1.54) is 7.11 Å². The van der Waals surface area contributed by atoms with Gasteiger partial charge in [0.2, 0.25) is 0 Å². The Morgan fingerprint density at radius 3 is 2.74 bits per heavy atom. The quantitative estimate of drug-likeness (QED) is 0.310. The first kappa shape index (κ1) is 25.7. The molecule has 4 rings (SSSR count). The van der Waals surface area contributed by atoms with Gasteiger partial charge in [0.15, 0.2) is 0 Å². The normalized spacial score (nSPS) is 14.3. The maximum absolute atomic E-state index is 15.3. The predicted molar refractivity (Wildman–Crippen MR) is 139 cm³/mol. The molecule has 0 unspecified atom stereocenters. The number of hydrogen-bond donors (Lipinski definition) is 2. The molecule has 3 aromatic rings. The van der Waals surface area contributed by atoms with E-state index in [0.29, 0.717) is 44.3 Å². The number of ether oxygens (including phenoxy) is 1. The van der Waals surface area contributed by atoms with Gasteiger partial charge in [0, 0.05) is 20.5 Å². The highest BCUT2D eigenvalue weighted by Gasteiger charge is 2.24. The Morgan fingerprint density at radius 2 is 2.00 bits per heavy atom. The van der Waals surface area contributed by atoms with Gasteiger partial charge in [0.1, 0.15) is 11.6 Å². The molecule has 1 aliphatic rings. The number of halogens is 4. The van der Waals surface area contributed by atoms with Gasteiger partial charge in [-0.1, -0.05) is 40.9 Å². The molecular formula is C24H22Cl3FN4O2S. The van der Waals surface area contributed by atoms with Crippen LogP contribution < -0.4 is 14.8 Å². The molecule has 0 spiro atoms. The SMILES string of the molecule is COc1ccc(SNC(=O)NC/C(F)=C2\CCCc3cnn(Cc4ccc(Cl)cc4Cl)c32)cc1Cl. The number of carbonyl (C=O) groups is 1. The molecule has 0 fully saturated rings. The van der Waals surface area contributed by atoms with Crippen LogP contribution >= 0.6 is 46.8 Å². The first-order chi connectivity index (χ1) is 16.9. The van der Waals surface area contributed by atoms with Crippen molar-refractivity contribution in [3.8, 4) is 5.75 Å². The first-order valence-corrected chi connectivity index (χ1v) is 12.7. The lowest BCUT2D eigenvalue weighted by molar-refractivity contribution is 0.246. The third kappa shape index (κ3) is 6.25. The predicted octanol–water partition coefficient (Wildman–Crippen LogP) is 6.92. The summed E-state index contributed by atoms with van der Waals surface area (Å²) in [5, 5.41) is 8.54. The van der Waals surface area contributed by atoms with Crippen LogP contribution in [0.2, 0.25) is 15.1 Å². The molecule has 0 bridgehead atoms. The Hall–Kier alpha value is -2.39. The van der Waals surface area contributed by atoms with E-state index in [0.717, 1.165) is 41.6 Å². The van der Waals surface area contributed by atoms with Gasteiger partial charge in [0.25, 0.3) is 0 Å². The number of nitrogens with one attached hydrogen (secondary N) is 2. The molecule has 2 aromatic carbocycles. The Morgan fingerprint density at radius 1 is 1.17 bits per heavy atom. The van der Waals surface area contributed by atoms with Gasteiger partial charge >= 0.3 is 6.03 Å². The lowest BCUT2D eigenvalue weighted by Crippen LogP contribution is -2.32. The number of aromatic nitrogens is 2. The van der Waals surface area contributed by atoms with Crippen molar-refractivity contribution in [2.45, 2.75) is 30.7 Å². The fraction of sp³-hybridized carbons (Fsp3) is 0.250. The average molecular weight is 556 g/mol. The number of aryl methyl sites for hydroxylation is 1. The number of methoxy groups -OCH3 is 1. The van der Waals surface area contributed by atoms with Crippen LogP contribution in [0.1, 0.15) is 29.7 Å². The van der Waals surface area contributed by atoms with Gasteiger partial charge in [-0.3, -0.25) is 9.40 Å². The van der Waals surface area contributed by atoms with Crippen molar-refractivity contribution in [3.05, 3.63) is 80.3 Å². The Labute approximate surface area is 221 Å². The summed E-state index contributed by atoms with van der Waals surface area (Å²) >= 11 is 19.5. The van der Waals surface area contributed by atoms with Gasteiger partial charge in [-0.15, -0.1) is 0 Å². The highest BCUT2D eigenvalue weighted by atomic mass is 35.5. The smallest absolute Gasteiger partial charge is 0.325 e. The van der Waals surface area contributed by atoms with Gasteiger partial charge < -0.3 is 10.1 Å². The number of fused-ring (bicyclic) bond motifs is 1. The second-order valence-corrected chi connectivity index (χ2v) is 9.96. The Kier molecular flexibility index (Phi) is 8.49. The summed E-state index contributed by atoms with van der Waals surface area (Å²) in [5.41, 5.74) is 3.09. The fourth-order valence-corrected chi connectivity index (χ4v) is 5.23. The minimum Gasteiger partial charge on any atom is -0.495 e. The van der Waals surface area contributed by atoms with E-state index < -0.39 is 11.9 Å². The van der Waals surface area contributed by atoms with E-state index in [-0.39, 0.29) is 6.54 Å². The van der Waals surface area contributed by atoms with Gasteiger partial charge in [-0.2, -0.15) is 5.10 Å². The monoisotopic (exact) mass is 554 g/mol. The van der Waals surface area contributed by atoms with Gasteiger partial charge in [0.05, 0.1) is 37.1 Å². The zero-order chi connectivity index (χ0) is 24.9. The maximum atomic E-state index is 15.3. The molecule has 35 heavy (non-hydrogen) atoms. The van der Waals surface area contributed by atoms with Gasteiger partial charge in [-0.25, -0.2) is 9.18 Å². The van der Waals surface area contributed by atoms with E-state index in [1.54, 1.807) is 41.2 Å². The van der Waals surface area contributed by atoms with Crippen LogP contribution in [0.3, 0.4) is 0 Å². The number of allylic oxidation sites excluding steroid dienone is 1. The second-order valence-electron chi connectivity index (χ2n) is 7.83. The van der Waals surface area contributed by atoms with Crippen molar-refractivity contribution >= 4 is 58.4 Å². The molecular weight excluding hydrogens is 534 g/mol. The molecule has 0 saturated heterocycles. The number of carbonyl (C=O) groups excluding carboxylic acids is 1. The number of nitrogens with zero attached hydrogens (tertiary/aromatic N) is 2. The number of benzene rings is 2. The van der Waals surface area contributed by atoms with E-state index in [4.69, 9.17) is 39.5 Å². The number of urea groups is 1. The lowest BCUT2D eigenvalue weighted by atomic mass is 9.92. The number of amides is 2. The second kappa shape index (κ2) is 11.6. The number of hydrogen-bond acceptors (Lipinski definition) is 4. The molecule has 0 atom stereocenters. The summed E-state index contributed by atoms with van der Waals surface area (Å²) < 4.78 is 24.8. The molecule has 1 aliphatic carbocycles. The van der Waals surface area contributed by atoms with E-state index in [9.17, 15) is 4.79 Å². The topological polar surface area (TPSA) is 68.2 Å². The lowest BCUT2D eigenvalue weighted by Gasteiger charge is -2.19. The fourth-order valence-electron chi connectivity index (χ4n) is 3.84. The molecule has 184 valence electrons. The molecule has 0 saturated carbocycles. The van der Waals surface area contributed by atoms with Crippen LogP contribution in [0, 0.1) is 0 Å². The summed E-state index contributed by atoms with van der Waals surface area (Å²) in [6, 6.07) is 9.88. The molecule has 11 heteroatoms. The van der Waals surface area contributed by atoms with Crippen molar-refractivity contribution in [3.63, 3.8) is 0 Å². The van der Waals surface area contributed by atoms with Crippen LogP contribution in [-0.4, -0.2) is 29.5 Å². The van der Waals surface area contributed by atoms with Crippen molar-refractivity contribution in [2.75, 3.05) is 13.7 Å². The highest BCUT2D eigenvalue weighted by molar-refractivity contribution is 7.98. The Balaban J connectivity index is 1.42. The van der Waals surface area contributed by atoms with E-state index in [1.807, 2.05) is 6.07 Å². The standard InChI is InChI=1S/C24H22Cl3FN4O2S/c1-34-22-8-7-17(10-20(22)27)35-31-24(33)29-12-21(28)18-4-2-3-14-11-30-32(23(14)18)13-15-5-6-16(25)9-19(15)26/h5-11H,2-4,12-13H2,1H3,(H2,29,31,33)/b21-18-. The summed E-state index contributed by atoms with van der Waals surface area (Å²) in [5.74, 6) is 0.140. The minimum absolute atomic E-state index is 0.239. The Bertz CT molecular complexity index is 1280. The molecule has 1 aromatic heterocycles. The van der Waals surface area contributed by atoms with Crippen molar-refractivity contribution < 1.29 is 13.9 Å². The van der Waals surface area contributed by atoms with Crippen molar-refractivity contribution in [1.82, 2.24) is 19.8 Å². The molecule has 0 aliphatic heterocycles. The molecule has 6 nitrogen and oxygen atoms in total. The minimum atomic E-state index is -0.518. The average Bonchev–Trinajstić information content (AvgIpc) is 3.26. The molecule has 2 N–H and O–H groups in total. The van der Waals surface area contributed by atoms with Crippen molar-refractivity contribution in [1.29, 1.82) is 0 Å². The van der Waals surface area contributed by atoms with Crippen LogP contribution in [0.15, 0.2) is 53.3 Å². The molecule has 0 radical (unpaired) electrons. The summed E-state index contributed by atoms with van der Waals surface area (Å²) in [6.45, 7) is 0.147. The zero-order valence-electron chi connectivity index (χ0n) is 18.7. The van der Waals surface area contributed by atoms with Crippen molar-refractivity contribution in [2.24, 2.45) is 0 Å². The first-order valence-electron chi connectivity index (χ1n) is 10.8. The number of rotatable bonds is 7.